The van der Waals surface area contributed by atoms with Gasteiger partial charge in [-0.05, 0) is 29.5 Å². The fourth-order valence-electron chi connectivity index (χ4n) is 2.66. The van der Waals surface area contributed by atoms with E-state index < -0.39 is 6.10 Å². The van der Waals surface area contributed by atoms with Crippen molar-refractivity contribution in [3.05, 3.63) is 46.7 Å². The van der Waals surface area contributed by atoms with Crippen LogP contribution in [0, 0.1) is 5.92 Å². The Morgan fingerprint density at radius 3 is 2.79 bits per heavy atom. The molecule has 1 aromatic carbocycles. The zero-order valence-electron chi connectivity index (χ0n) is 13.6. The Labute approximate surface area is 145 Å². The summed E-state index contributed by atoms with van der Waals surface area (Å²) in [4.78, 5) is 25.6. The van der Waals surface area contributed by atoms with Crippen molar-refractivity contribution < 1.29 is 14.3 Å². The highest BCUT2D eigenvalue weighted by atomic mass is 32.1. The van der Waals surface area contributed by atoms with E-state index in [0.29, 0.717) is 11.4 Å². The van der Waals surface area contributed by atoms with Crippen LogP contribution in [0.3, 0.4) is 0 Å². The molecule has 3 rings (SSSR count). The number of ether oxygens (including phenoxy) is 1. The van der Waals surface area contributed by atoms with Crippen molar-refractivity contribution in [1.29, 1.82) is 0 Å². The molecule has 126 valence electrons. The van der Waals surface area contributed by atoms with E-state index in [2.05, 4.69) is 24.5 Å². The van der Waals surface area contributed by atoms with Gasteiger partial charge in [0.15, 0.2) is 6.10 Å². The molecule has 0 saturated carbocycles. The van der Waals surface area contributed by atoms with Crippen LogP contribution in [0.1, 0.15) is 31.2 Å². The summed E-state index contributed by atoms with van der Waals surface area (Å²) in [6.45, 7) is 4.12. The summed E-state index contributed by atoms with van der Waals surface area (Å²) in [6.07, 6.45) is -0.814. The number of fused-ring (bicyclic) bond motifs is 1. The zero-order chi connectivity index (χ0) is 17.1. The summed E-state index contributed by atoms with van der Waals surface area (Å²) in [5.74, 6) is 0.366. The van der Waals surface area contributed by atoms with Gasteiger partial charge >= 0.3 is 0 Å². The van der Waals surface area contributed by atoms with Gasteiger partial charge in [0.2, 0.25) is 5.91 Å². The number of benzene rings is 1. The molecule has 0 bridgehead atoms. The first-order chi connectivity index (χ1) is 11.5. The second kappa shape index (κ2) is 7.05. The topological polar surface area (TPSA) is 67.4 Å². The lowest BCUT2D eigenvalue weighted by molar-refractivity contribution is -0.131. The maximum absolute atomic E-state index is 12.4. The summed E-state index contributed by atoms with van der Waals surface area (Å²) >= 11 is 1.61. The van der Waals surface area contributed by atoms with Crippen molar-refractivity contribution in [3.8, 4) is 5.75 Å². The van der Waals surface area contributed by atoms with Crippen LogP contribution in [0.25, 0.3) is 0 Å². The van der Waals surface area contributed by atoms with Crippen molar-refractivity contribution >= 4 is 28.8 Å². The molecule has 2 N–H and O–H groups in total. The SMILES string of the molecule is CC(C)[C@H](NC(=O)C[C@H]1Oc2ccccc2NC1=O)c1cccs1. The van der Waals surface area contributed by atoms with Gasteiger partial charge in [-0.2, -0.15) is 0 Å². The predicted octanol–water partition coefficient (Wildman–Crippen LogP) is 3.35. The minimum absolute atomic E-state index is 0.00520. The van der Waals surface area contributed by atoms with Crippen molar-refractivity contribution in [2.45, 2.75) is 32.4 Å². The maximum atomic E-state index is 12.4. The number of nitrogens with one attached hydrogen (secondary N) is 2. The number of carbonyl (C=O) groups excluding carboxylic acids is 2. The number of hydrogen-bond donors (Lipinski definition) is 2. The van der Waals surface area contributed by atoms with Crippen LogP contribution < -0.4 is 15.4 Å². The second-order valence-electron chi connectivity index (χ2n) is 6.10. The monoisotopic (exact) mass is 344 g/mol. The van der Waals surface area contributed by atoms with Gasteiger partial charge in [-0.1, -0.05) is 32.0 Å². The van der Waals surface area contributed by atoms with E-state index in [4.69, 9.17) is 4.74 Å². The first-order valence-electron chi connectivity index (χ1n) is 7.94. The van der Waals surface area contributed by atoms with Crippen LogP contribution in [-0.2, 0) is 9.59 Å². The van der Waals surface area contributed by atoms with Gasteiger partial charge in [0.05, 0.1) is 18.2 Å². The average Bonchev–Trinajstić information content (AvgIpc) is 3.07. The molecule has 2 atom stereocenters. The highest BCUT2D eigenvalue weighted by molar-refractivity contribution is 7.10. The van der Waals surface area contributed by atoms with Gasteiger partial charge in [-0.15, -0.1) is 11.3 Å². The minimum Gasteiger partial charge on any atom is -0.478 e. The van der Waals surface area contributed by atoms with Crippen LogP contribution in [0.2, 0.25) is 0 Å². The van der Waals surface area contributed by atoms with Gasteiger partial charge in [0, 0.05) is 4.88 Å². The molecule has 2 aromatic rings. The first-order valence-corrected chi connectivity index (χ1v) is 8.82. The minimum atomic E-state index is -0.809. The quantitative estimate of drug-likeness (QED) is 0.874. The molecule has 1 aliphatic rings. The second-order valence-corrected chi connectivity index (χ2v) is 7.08. The van der Waals surface area contributed by atoms with Gasteiger partial charge in [0.1, 0.15) is 5.75 Å². The van der Waals surface area contributed by atoms with Crippen LogP contribution in [0.5, 0.6) is 5.75 Å². The standard InChI is InChI=1S/C18H20N2O3S/c1-11(2)17(15-8-5-9-24-15)20-16(21)10-14-18(22)19-12-6-3-4-7-13(12)23-14/h3-9,11,14,17H,10H2,1-2H3,(H,19,22)(H,20,21)/t14-,17+/m1/s1. The third-order valence-electron chi connectivity index (χ3n) is 3.91. The molecule has 2 amide bonds. The predicted molar refractivity (Wildman–Crippen MR) is 94.1 cm³/mol. The number of amides is 2. The summed E-state index contributed by atoms with van der Waals surface area (Å²) in [6, 6.07) is 11.1. The van der Waals surface area contributed by atoms with Gasteiger partial charge in [-0.25, -0.2) is 0 Å². The summed E-state index contributed by atoms with van der Waals surface area (Å²) < 4.78 is 5.68. The molecule has 2 heterocycles. The number of anilines is 1. The normalized spacial score (nSPS) is 17.6. The maximum Gasteiger partial charge on any atom is 0.266 e. The summed E-state index contributed by atoms with van der Waals surface area (Å²) in [5, 5.41) is 7.79. The van der Waals surface area contributed by atoms with E-state index in [-0.39, 0.29) is 30.2 Å². The Kier molecular flexibility index (Phi) is 4.85. The zero-order valence-corrected chi connectivity index (χ0v) is 14.4. The Morgan fingerprint density at radius 1 is 1.29 bits per heavy atom. The van der Waals surface area contributed by atoms with Crippen LogP contribution in [0.15, 0.2) is 41.8 Å². The molecule has 0 radical (unpaired) electrons. The average molecular weight is 344 g/mol. The number of carbonyl (C=O) groups is 2. The highest BCUT2D eigenvalue weighted by Crippen LogP contribution is 2.30. The van der Waals surface area contributed by atoms with E-state index in [1.54, 1.807) is 23.5 Å². The van der Waals surface area contributed by atoms with E-state index in [1.165, 1.54) is 0 Å². The number of hydrogen-bond acceptors (Lipinski definition) is 4. The summed E-state index contributed by atoms with van der Waals surface area (Å²) in [7, 11) is 0. The van der Waals surface area contributed by atoms with E-state index in [9.17, 15) is 9.59 Å². The molecular weight excluding hydrogens is 324 g/mol. The fraction of sp³-hybridized carbons (Fsp3) is 0.333. The van der Waals surface area contributed by atoms with Crippen LogP contribution >= 0.6 is 11.3 Å². The van der Waals surface area contributed by atoms with E-state index in [1.807, 2.05) is 29.6 Å². The number of para-hydroxylation sites is 2. The smallest absolute Gasteiger partial charge is 0.266 e. The number of rotatable bonds is 5. The molecule has 0 unspecified atom stereocenters. The molecule has 1 aromatic heterocycles. The molecule has 0 spiro atoms. The van der Waals surface area contributed by atoms with E-state index in [0.717, 1.165) is 4.88 Å². The molecule has 1 aliphatic heterocycles. The van der Waals surface area contributed by atoms with Crippen LogP contribution in [0.4, 0.5) is 5.69 Å². The van der Waals surface area contributed by atoms with Gasteiger partial charge < -0.3 is 15.4 Å². The summed E-state index contributed by atoms with van der Waals surface area (Å²) in [5.41, 5.74) is 0.637. The van der Waals surface area contributed by atoms with Crippen molar-refractivity contribution in [2.24, 2.45) is 5.92 Å². The van der Waals surface area contributed by atoms with Crippen LogP contribution in [-0.4, -0.2) is 17.9 Å². The molecule has 0 saturated heterocycles. The molecule has 24 heavy (non-hydrogen) atoms. The lowest BCUT2D eigenvalue weighted by Gasteiger charge is -2.27. The third kappa shape index (κ3) is 3.59. The van der Waals surface area contributed by atoms with Gasteiger partial charge in [0.25, 0.3) is 5.91 Å². The lowest BCUT2D eigenvalue weighted by Crippen LogP contribution is -2.42. The number of thiophene rings is 1. The molecule has 5 nitrogen and oxygen atoms in total. The Morgan fingerprint density at radius 2 is 2.08 bits per heavy atom. The molecule has 0 aliphatic carbocycles. The lowest BCUT2D eigenvalue weighted by atomic mass is 10.0. The van der Waals surface area contributed by atoms with Crippen molar-refractivity contribution in [2.75, 3.05) is 5.32 Å². The molecule has 6 heteroatoms. The third-order valence-corrected chi connectivity index (χ3v) is 4.87. The van der Waals surface area contributed by atoms with Crippen molar-refractivity contribution in [1.82, 2.24) is 5.32 Å². The van der Waals surface area contributed by atoms with Gasteiger partial charge in [-0.3, -0.25) is 9.59 Å². The Hall–Kier alpha value is -2.34. The van der Waals surface area contributed by atoms with E-state index >= 15 is 0 Å². The highest BCUT2D eigenvalue weighted by Gasteiger charge is 2.30. The molecule has 0 fully saturated rings. The Bertz CT molecular complexity index is 728. The first kappa shape index (κ1) is 16.5. The Balaban J connectivity index is 1.65. The fourth-order valence-corrected chi connectivity index (χ4v) is 3.61. The largest absolute Gasteiger partial charge is 0.478 e. The molecular formula is C18H20N2O3S. The van der Waals surface area contributed by atoms with Crippen molar-refractivity contribution in [3.63, 3.8) is 0 Å².